The van der Waals surface area contributed by atoms with Gasteiger partial charge in [-0.15, -0.1) is 0 Å². The highest BCUT2D eigenvalue weighted by atomic mass is 16.7. The average molecular weight is 408 g/mol. The number of aliphatic hydroxyl groups excluding tert-OH is 3. The lowest BCUT2D eigenvalue weighted by atomic mass is 9.99. The van der Waals surface area contributed by atoms with Gasteiger partial charge in [0.05, 0.1) is 5.92 Å². The van der Waals surface area contributed by atoms with E-state index in [2.05, 4.69) is 0 Å². The van der Waals surface area contributed by atoms with Gasteiger partial charge in [0, 0.05) is 6.08 Å². The molecule has 2 aliphatic heterocycles. The van der Waals surface area contributed by atoms with Crippen molar-refractivity contribution in [2.75, 3.05) is 13.2 Å². The molecule has 0 aliphatic carbocycles. The van der Waals surface area contributed by atoms with Gasteiger partial charge < -0.3 is 34.3 Å². The van der Waals surface area contributed by atoms with Crippen LogP contribution in [0.2, 0.25) is 0 Å². The van der Waals surface area contributed by atoms with Gasteiger partial charge in [-0.1, -0.05) is 30.3 Å². The van der Waals surface area contributed by atoms with Crippen LogP contribution in [-0.4, -0.2) is 77.3 Å². The van der Waals surface area contributed by atoms with Crippen molar-refractivity contribution in [1.29, 1.82) is 0 Å². The molecule has 2 aliphatic rings. The highest BCUT2D eigenvalue weighted by molar-refractivity contribution is 5.87. The number of aliphatic hydroxyl groups is 3. The van der Waals surface area contributed by atoms with E-state index in [4.69, 9.17) is 18.9 Å². The lowest BCUT2D eigenvalue weighted by Gasteiger charge is -2.40. The van der Waals surface area contributed by atoms with Gasteiger partial charge in [-0.2, -0.15) is 0 Å². The summed E-state index contributed by atoms with van der Waals surface area (Å²) >= 11 is 0. The zero-order valence-electron chi connectivity index (χ0n) is 15.8. The highest BCUT2D eigenvalue weighted by Gasteiger charge is 2.47. The van der Waals surface area contributed by atoms with E-state index in [1.807, 2.05) is 30.3 Å². The quantitative estimate of drug-likeness (QED) is 0.426. The Morgan fingerprint density at radius 1 is 1.17 bits per heavy atom. The van der Waals surface area contributed by atoms with Crippen LogP contribution >= 0.6 is 0 Å². The number of cyclic esters (lactones) is 1. The van der Waals surface area contributed by atoms with Crippen LogP contribution in [0.25, 0.3) is 6.08 Å². The smallest absolute Gasteiger partial charge is 0.330 e. The lowest BCUT2D eigenvalue weighted by Crippen LogP contribution is -2.60. The van der Waals surface area contributed by atoms with Gasteiger partial charge in [0.1, 0.15) is 43.7 Å². The lowest BCUT2D eigenvalue weighted by molar-refractivity contribution is -0.313. The fraction of sp³-hybridized carbons (Fsp3) is 0.500. The molecule has 29 heavy (non-hydrogen) atoms. The van der Waals surface area contributed by atoms with Crippen LogP contribution in [0.3, 0.4) is 0 Å². The second kappa shape index (κ2) is 9.47. The number of hydrogen-bond acceptors (Lipinski definition) is 9. The maximum atomic E-state index is 11.9. The minimum atomic E-state index is -1.58. The number of rotatable bonds is 6. The van der Waals surface area contributed by atoms with E-state index >= 15 is 0 Å². The van der Waals surface area contributed by atoms with E-state index in [1.54, 1.807) is 13.0 Å². The molecule has 1 aromatic rings. The zero-order valence-corrected chi connectivity index (χ0v) is 15.8. The predicted octanol–water partition coefficient (Wildman–Crippen LogP) is -0.371. The first kappa shape index (κ1) is 21.4. The number of ether oxygens (including phenoxy) is 4. The number of carbonyl (C=O) groups is 2. The molecule has 3 rings (SSSR count). The molecule has 7 atom stereocenters. The van der Waals surface area contributed by atoms with Crippen molar-refractivity contribution in [3.05, 3.63) is 42.0 Å². The maximum absolute atomic E-state index is 11.9. The molecule has 0 radical (unpaired) electrons. The monoisotopic (exact) mass is 408 g/mol. The summed E-state index contributed by atoms with van der Waals surface area (Å²) in [5.41, 5.74) is 0.813. The molecule has 2 heterocycles. The summed E-state index contributed by atoms with van der Waals surface area (Å²) < 4.78 is 21.0. The van der Waals surface area contributed by atoms with Crippen LogP contribution in [0.5, 0.6) is 0 Å². The van der Waals surface area contributed by atoms with E-state index in [1.165, 1.54) is 6.08 Å². The fourth-order valence-corrected chi connectivity index (χ4v) is 3.03. The van der Waals surface area contributed by atoms with E-state index in [-0.39, 0.29) is 13.2 Å². The van der Waals surface area contributed by atoms with Crippen LogP contribution < -0.4 is 0 Å². The van der Waals surface area contributed by atoms with Gasteiger partial charge in [0.2, 0.25) is 0 Å². The van der Waals surface area contributed by atoms with Crippen LogP contribution in [0.1, 0.15) is 12.5 Å². The summed E-state index contributed by atoms with van der Waals surface area (Å²) in [5, 5.41) is 30.3. The Balaban J connectivity index is 1.55. The Morgan fingerprint density at radius 2 is 1.90 bits per heavy atom. The van der Waals surface area contributed by atoms with Crippen molar-refractivity contribution in [3.8, 4) is 0 Å². The number of esters is 2. The summed E-state index contributed by atoms with van der Waals surface area (Å²) in [4.78, 5) is 23.4. The van der Waals surface area contributed by atoms with E-state index < -0.39 is 54.7 Å². The molecule has 9 heteroatoms. The summed E-state index contributed by atoms with van der Waals surface area (Å²) in [6, 6.07) is 9.14. The molecule has 0 spiro atoms. The molecule has 1 aromatic carbocycles. The Labute approximate surface area is 167 Å². The second-order valence-electron chi connectivity index (χ2n) is 6.98. The van der Waals surface area contributed by atoms with Gasteiger partial charge in [0.15, 0.2) is 6.29 Å². The molecule has 3 N–H and O–H groups in total. The van der Waals surface area contributed by atoms with Gasteiger partial charge in [-0.05, 0) is 18.6 Å². The third-order valence-corrected chi connectivity index (χ3v) is 4.90. The van der Waals surface area contributed by atoms with Crippen LogP contribution in [-0.2, 0) is 28.5 Å². The second-order valence-corrected chi connectivity index (χ2v) is 6.98. The molecule has 9 nitrogen and oxygen atoms in total. The normalized spacial score (nSPS) is 34.9. The van der Waals surface area contributed by atoms with Crippen LogP contribution in [0, 0.1) is 5.92 Å². The predicted molar refractivity (Wildman–Crippen MR) is 98.1 cm³/mol. The van der Waals surface area contributed by atoms with E-state index in [0.717, 1.165) is 5.56 Å². The van der Waals surface area contributed by atoms with Gasteiger partial charge in [-0.3, -0.25) is 4.79 Å². The molecule has 0 aromatic heterocycles. The molecular weight excluding hydrogens is 384 g/mol. The van der Waals surface area contributed by atoms with Gasteiger partial charge in [0.25, 0.3) is 0 Å². The standard InChI is InChI=1S/C20H24O9/c1-11-13(9-27-19(11)25)28-20-18(24)17(23)16(22)14(29-20)10-26-15(21)8-7-12-5-3-2-4-6-12/h2-8,11,13-14,16-18,20,22-24H,9-10H2,1H3/t11-,13+,14+,16+,17-,18+,20+/m0/s1. The van der Waals surface area contributed by atoms with Crippen molar-refractivity contribution in [1.82, 2.24) is 0 Å². The summed E-state index contributed by atoms with van der Waals surface area (Å²) in [7, 11) is 0. The maximum Gasteiger partial charge on any atom is 0.330 e. The number of hydrogen-bond donors (Lipinski definition) is 3. The Kier molecular flexibility index (Phi) is 6.99. The highest BCUT2D eigenvalue weighted by Crippen LogP contribution is 2.27. The third kappa shape index (κ3) is 5.20. The first-order valence-electron chi connectivity index (χ1n) is 9.28. The first-order chi connectivity index (χ1) is 13.9. The third-order valence-electron chi connectivity index (χ3n) is 4.90. The fourth-order valence-electron chi connectivity index (χ4n) is 3.03. The Morgan fingerprint density at radius 3 is 2.55 bits per heavy atom. The van der Waals surface area contributed by atoms with Gasteiger partial charge in [-0.25, -0.2) is 4.79 Å². The molecule has 0 amide bonds. The number of benzene rings is 1. The van der Waals surface area contributed by atoms with Crippen molar-refractivity contribution >= 4 is 18.0 Å². The molecule has 2 fully saturated rings. The minimum Gasteiger partial charge on any atom is -0.463 e. The average Bonchev–Trinajstić information content (AvgIpc) is 3.04. The summed E-state index contributed by atoms with van der Waals surface area (Å²) in [5.74, 6) is -1.66. The molecule has 0 unspecified atom stereocenters. The molecule has 0 saturated carbocycles. The van der Waals surface area contributed by atoms with Crippen molar-refractivity contribution in [2.45, 2.75) is 43.7 Å². The summed E-state index contributed by atoms with van der Waals surface area (Å²) in [6.07, 6.45) is -4.92. The SMILES string of the molecule is C[C@@H]1C(=O)OC[C@H]1O[C@@H]1O[C@H](COC(=O)C=Cc2ccccc2)[C@@H](O)[C@H](O)[C@H]1O. The molecule has 2 saturated heterocycles. The van der Waals surface area contributed by atoms with Crippen molar-refractivity contribution < 1.29 is 43.9 Å². The Bertz CT molecular complexity index is 735. The van der Waals surface area contributed by atoms with Crippen molar-refractivity contribution in [3.63, 3.8) is 0 Å². The van der Waals surface area contributed by atoms with Crippen LogP contribution in [0.15, 0.2) is 36.4 Å². The minimum absolute atomic E-state index is 0.00480. The molecule has 158 valence electrons. The van der Waals surface area contributed by atoms with E-state index in [9.17, 15) is 24.9 Å². The van der Waals surface area contributed by atoms with Crippen molar-refractivity contribution in [2.24, 2.45) is 5.92 Å². The molecule has 0 bridgehead atoms. The topological polar surface area (TPSA) is 132 Å². The zero-order chi connectivity index (χ0) is 21.0. The van der Waals surface area contributed by atoms with E-state index in [0.29, 0.717) is 0 Å². The van der Waals surface area contributed by atoms with Gasteiger partial charge >= 0.3 is 11.9 Å². The largest absolute Gasteiger partial charge is 0.463 e. The number of carbonyl (C=O) groups excluding carboxylic acids is 2. The Hall–Kier alpha value is -2.30. The molecular formula is C20H24O9. The van der Waals surface area contributed by atoms with Crippen LogP contribution in [0.4, 0.5) is 0 Å². The first-order valence-corrected chi connectivity index (χ1v) is 9.28. The summed E-state index contributed by atoms with van der Waals surface area (Å²) in [6.45, 7) is 1.24.